The van der Waals surface area contributed by atoms with E-state index in [0.717, 1.165) is 17.6 Å². The van der Waals surface area contributed by atoms with Crippen molar-refractivity contribution in [2.45, 2.75) is 49.8 Å². The third-order valence-corrected chi connectivity index (χ3v) is 8.36. The van der Waals surface area contributed by atoms with Gasteiger partial charge in [-0.1, -0.05) is 12.1 Å². The highest BCUT2D eigenvalue weighted by molar-refractivity contribution is 7.89. The number of ether oxygens (including phenoxy) is 1. The van der Waals surface area contributed by atoms with Crippen molar-refractivity contribution < 1.29 is 22.7 Å². The van der Waals surface area contributed by atoms with Crippen molar-refractivity contribution in [2.75, 3.05) is 13.1 Å². The van der Waals surface area contributed by atoms with E-state index in [2.05, 4.69) is 15.6 Å². The van der Waals surface area contributed by atoms with Crippen LogP contribution in [0.1, 0.15) is 43.1 Å². The SMILES string of the molecule is CC(C)(C)OC(=O)NC12CC1CN(S(=O)(=O)c1ccc(CNC(=O)c3ccc4nccn4c3)cc1)C2. The Bertz CT molecular complexity index is 1430. The lowest BCUT2D eigenvalue weighted by molar-refractivity contribution is 0.0494. The van der Waals surface area contributed by atoms with Crippen molar-refractivity contribution in [3.63, 3.8) is 0 Å². The fraction of sp³-hybridized carbons (Fsp3) is 0.400. The van der Waals surface area contributed by atoms with E-state index < -0.39 is 27.3 Å². The minimum absolute atomic E-state index is 0.0795. The molecule has 0 spiro atoms. The maximum absolute atomic E-state index is 13.2. The van der Waals surface area contributed by atoms with Gasteiger partial charge in [0.25, 0.3) is 5.91 Å². The number of hydrogen-bond acceptors (Lipinski definition) is 6. The number of nitrogens with zero attached hydrogens (tertiary/aromatic N) is 3. The molecule has 1 saturated carbocycles. The number of aromatic nitrogens is 2. The molecule has 1 aliphatic carbocycles. The van der Waals surface area contributed by atoms with Crippen molar-refractivity contribution in [3.05, 3.63) is 66.1 Å². The van der Waals surface area contributed by atoms with Crippen LogP contribution in [0.5, 0.6) is 0 Å². The van der Waals surface area contributed by atoms with E-state index in [-0.39, 0.29) is 29.8 Å². The number of amides is 2. The van der Waals surface area contributed by atoms with Crippen LogP contribution in [0, 0.1) is 5.92 Å². The van der Waals surface area contributed by atoms with Gasteiger partial charge in [-0.2, -0.15) is 4.31 Å². The van der Waals surface area contributed by atoms with Crippen molar-refractivity contribution in [1.82, 2.24) is 24.3 Å². The fourth-order valence-corrected chi connectivity index (χ4v) is 6.14. The summed E-state index contributed by atoms with van der Waals surface area (Å²) in [6.45, 7) is 6.20. The Morgan fingerprint density at radius 1 is 1.17 bits per heavy atom. The van der Waals surface area contributed by atoms with Gasteiger partial charge in [0.2, 0.25) is 10.0 Å². The summed E-state index contributed by atoms with van der Waals surface area (Å²) < 4.78 is 34.9. The van der Waals surface area contributed by atoms with Crippen molar-refractivity contribution in [2.24, 2.45) is 5.92 Å². The number of sulfonamides is 1. The molecule has 2 unspecified atom stereocenters. The summed E-state index contributed by atoms with van der Waals surface area (Å²) in [5, 5.41) is 5.74. The summed E-state index contributed by atoms with van der Waals surface area (Å²) in [6, 6.07) is 9.95. The van der Waals surface area contributed by atoms with Gasteiger partial charge in [0, 0.05) is 38.2 Å². The molecule has 2 fully saturated rings. The monoisotopic (exact) mass is 511 g/mol. The van der Waals surface area contributed by atoms with Gasteiger partial charge in [0.15, 0.2) is 0 Å². The Hall–Kier alpha value is -3.44. The zero-order valence-electron chi connectivity index (χ0n) is 20.4. The molecule has 2 atom stereocenters. The number of alkyl carbamates (subject to hydrolysis) is 1. The summed E-state index contributed by atoms with van der Waals surface area (Å²) in [4.78, 5) is 29.1. The van der Waals surface area contributed by atoms with Crippen LogP contribution >= 0.6 is 0 Å². The zero-order valence-corrected chi connectivity index (χ0v) is 21.2. The molecule has 11 heteroatoms. The largest absolute Gasteiger partial charge is 0.444 e. The highest BCUT2D eigenvalue weighted by atomic mass is 32.2. The maximum Gasteiger partial charge on any atom is 0.408 e. The normalized spacial score (nSPS) is 21.7. The highest BCUT2D eigenvalue weighted by Crippen LogP contribution is 2.50. The van der Waals surface area contributed by atoms with Crippen LogP contribution in [0.2, 0.25) is 0 Å². The summed E-state index contributed by atoms with van der Waals surface area (Å²) in [5.41, 5.74) is 0.855. The van der Waals surface area contributed by atoms with Crippen molar-refractivity contribution >= 4 is 27.7 Å². The van der Waals surface area contributed by atoms with E-state index in [1.807, 2.05) is 0 Å². The quantitative estimate of drug-likeness (QED) is 0.525. The number of imidazole rings is 1. The van der Waals surface area contributed by atoms with Gasteiger partial charge in [0.1, 0.15) is 11.2 Å². The second-order valence-corrected chi connectivity index (χ2v) is 12.4. The van der Waals surface area contributed by atoms with Crippen LogP contribution in [0.15, 0.2) is 59.9 Å². The number of hydrogen-bond donors (Lipinski definition) is 2. The van der Waals surface area contributed by atoms with Crippen LogP contribution < -0.4 is 10.6 Å². The molecule has 0 radical (unpaired) electrons. The van der Waals surface area contributed by atoms with Crippen LogP contribution in [0.3, 0.4) is 0 Å². The van der Waals surface area contributed by atoms with E-state index in [4.69, 9.17) is 4.74 Å². The first kappa shape index (κ1) is 24.3. The van der Waals surface area contributed by atoms with Gasteiger partial charge < -0.3 is 19.8 Å². The minimum Gasteiger partial charge on any atom is -0.444 e. The average molecular weight is 512 g/mol. The molecular formula is C25H29N5O5S. The zero-order chi connectivity index (χ0) is 25.7. The Kier molecular flexibility index (Phi) is 5.79. The number of pyridine rings is 1. The first-order chi connectivity index (χ1) is 17.0. The molecule has 36 heavy (non-hydrogen) atoms. The molecule has 2 N–H and O–H groups in total. The van der Waals surface area contributed by atoms with Crippen LogP contribution in [-0.2, 0) is 21.3 Å². The molecule has 1 saturated heterocycles. The summed E-state index contributed by atoms with van der Waals surface area (Å²) in [5.74, 6) is -0.155. The number of carbonyl (C=O) groups is 2. The molecule has 10 nitrogen and oxygen atoms in total. The Balaban J connectivity index is 1.19. The van der Waals surface area contributed by atoms with Crippen molar-refractivity contribution in [3.8, 4) is 0 Å². The summed E-state index contributed by atoms with van der Waals surface area (Å²) in [6.07, 6.45) is 5.35. The van der Waals surface area contributed by atoms with E-state index in [1.165, 1.54) is 4.31 Å². The van der Waals surface area contributed by atoms with E-state index in [9.17, 15) is 18.0 Å². The number of piperidine rings is 1. The number of benzene rings is 1. The third kappa shape index (κ3) is 4.80. The minimum atomic E-state index is -3.71. The van der Waals surface area contributed by atoms with Crippen LogP contribution in [0.4, 0.5) is 4.79 Å². The van der Waals surface area contributed by atoms with Crippen molar-refractivity contribution in [1.29, 1.82) is 0 Å². The number of carbonyl (C=O) groups excluding carboxylic acids is 2. The van der Waals surface area contributed by atoms with Gasteiger partial charge >= 0.3 is 6.09 Å². The van der Waals surface area contributed by atoms with Gasteiger partial charge in [-0.15, -0.1) is 0 Å². The average Bonchev–Trinajstić information content (AvgIpc) is 3.13. The molecule has 3 aromatic rings. The molecule has 190 valence electrons. The van der Waals surface area contributed by atoms with Gasteiger partial charge in [-0.3, -0.25) is 4.79 Å². The smallest absolute Gasteiger partial charge is 0.408 e. The van der Waals surface area contributed by atoms with Gasteiger partial charge in [0.05, 0.1) is 16.0 Å². The lowest BCUT2D eigenvalue weighted by atomic mass is 10.2. The molecule has 5 rings (SSSR count). The number of rotatable bonds is 6. The topological polar surface area (TPSA) is 122 Å². The molecule has 2 aromatic heterocycles. The third-order valence-electron chi connectivity index (χ3n) is 6.53. The Morgan fingerprint density at radius 3 is 2.64 bits per heavy atom. The fourth-order valence-electron chi connectivity index (χ4n) is 4.59. The predicted octanol–water partition coefficient (Wildman–Crippen LogP) is 2.55. The Morgan fingerprint density at radius 2 is 1.92 bits per heavy atom. The molecule has 1 aromatic carbocycles. The molecule has 3 heterocycles. The molecule has 0 bridgehead atoms. The van der Waals surface area contributed by atoms with Crippen LogP contribution in [-0.4, -0.2) is 58.3 Å². The second kappa shape index (κ2) is 8.59. The molecule has 2 aliphatic rings. The lowest BCUT2D eigenvalue weighted by Gasteiger charge is -2.24. The van der Waals surface area contributed by atoms with Crippen LogP contribution in [0.25, 0.3) is 5.65 Å². The van der Waals surface area contributed by atoms with Gasteiger partial charge in [-0.05, 0) is 62.9 Å². The molecular weight excluding hydrogens is 482 g/mol. The van der Waals surface area contributed by atoms with E-state index in [1.54, 1.807) is 80.2 Å². The number of fused-ring (bicyclic) bond motifs is 2. The maximum atomic E-state index is 13.2. The predicted molar refractivity (Wildman–Crippen MR) is 132 cm³/mol. The first-order valence-electron chi connectivity index (χ1n) is 11.8. The van der Waals surface area contributed by atoms with Gasteiger partial charge in [-0.25, -0.2) is 18.2 Å². The van der Waals surface area contributed by atoms with E-state index in [0.29, 0.717) is 12.1 Å². The lowest BCUT2D eigenvalue weighted by Crippen LogP contribution is -2.45. The van der Waals surface area contributed by atoms with E-state index >= 15 is 0 Å². The highest BCUT2D eigenvalue weighted by Gasteiger charge is 2.63. The number of nitrogens with one attached hydrogen (secondary N) is 2. The second-order valence-electron chi connectivity index (χ2n) is 10.4. The Labute approximate surface area is 209 Å². The summed E-state index contributed by atoms with van der Waals surface area (Å²) >= 11 is 0. The standard InChI is InChI=1S/C25H29N5O5S/c1-24(2,3)35-23(32)28-25-12-19(25)15-30(16-25)36(33,34)20-7-4-17(5-8-20)13-27-22(31)18-6-9-21-26-10-11-29(21)14-18/h4-11,14,19H,12-13,15-16H2,1-3H3,(H,27,31)(H,28,32). The molecule has 2 amide bonds. The summed E-state index contributed by atoms with van der Waals surface area (Å²) in [7, 11) is -3.71. The molecule has 1 aliphatic heterocycles. The first-order valence-corrected chi connectivity index (χ1v) is 13.2.